The first-order chi connectivity index (χ1) is 8.03. The number of rotatable bonds is 2. The van der Waals surface area contributed by atoms with Gasteiger partial charge in [0.2, 0.25) is 0 Å². The summed E-state index contributed by atoms with van der Waals surface area (Å²) < 4.78 is 22.8. The molecule has 90 valence electrons. The van der Waals surface area contributed by atoms with Crippen LogP contribution in [0.25, 0.3) is 0 Å². The van der Waals surface area contributed by atoms with Gasteiger partial charge in [-0.2, -0.15) is 5.26 Å². The Morgan fingerprint density at radius 3 is 2.94 bits per heavy atom. The molecule has 2 rings (SSSR count). The molecular formula is C11H13N3O2S. The Kier molecular flexibility index (Phi) is 3.03. The Morgan fingerprint density at radius 2 is 2.35 bits per heavy atom. The van der Waals surface area contributed by atoms with Crippen molar-refractivity contribution < 1.29 is 8.42 Å². The average Bonchev–Trinajstić information content (AvgIpc) is 2.68. The summed E-state index contributed by atoms with van der Waals surface area (Å²) in [5, 5.41) is 8.98. The smallest absolute Gasteiger partial charge is 0.152 e. The van der Waals surface area contributed by atoms with Crippen LogP contribution in [0.4, 0.5) is 5.82 Å². The maximum atomic E-state index is 11.4. The van der Waals surface area contributed by atoms with E-state index in [0.717, 1.165) is 0 Å². The molecule has 0 radical (unpaired) electrons. The summed E-state index contributed by atoms with van der Waals surface area (Å²) in [6.07, 6.45) is 2.20. The number of hydrogen-bond acceptors (Lipinski definition) is 5. The maximum Gasteiger partial charge on any atom is 0.152 e. The van der Waals surface area contributed by atoms with Crippen LogP contribution in [0.3, 0.4) is 0 Å². The van der Waals surface area contributed by atoms with E-state index in [1.165, 1.54) is 0 Å². The first-order valence-corrected chi connectivity index (χ1v) is 7.14. The van der Waals surface area contributed by atoms with Gasteiger partial charge in [0.25, 0.3) is 0 Å². The minimum absolute atomic E-state index is 0.0815. The monoisotopic (exact) mass is 251 g/mol. The zero-order valence-corrected chi connectivity index (χ0v) is 10.3. The molecule has 1 saturated heterocycles. The van der Waals surface area contributed by atoms with E-state index in [1.807, 2.05) is 0 Å². The van der Waals surface area contributed by atoms with E-state index in [1.54, 1.807) is 30.3 Å². The van der Waals surface area contributed by atoms with Gasteiger partial charge in [0.05, 0.1) is 17.1 Å². The molecule has 0 bridgehead atoms. The van der Waals surface area contributed by atoms with E-state index < -0.39 is 9.84 Å². The number of nitriles is 1. The van der Waals surface area contributed by atoms with Crippen molar-refractivity contribution in [2.45, 2.75) is 12.5 Å². The van der Waals surface area contributed by atoms with Gasteiger partial charge in [-0.3, -0.25) is 0 Å². The Morgan fingerprint density at radius 1 is 1.59 bits per heavy atom. The molecular weight excluding hydrogens is 238 g/mol. The van der Waals surface area contributed by atoms with Gasteiger partial charge in [0.1, 0.15) is 11.9 Å². The van der Waals surface area contributed by atoms with Gasteiger partial charge in [-0.05, 0) is 18.6 Å². The fourth-order valence-corrected chi connectivity index (χ4v) is 3.79. The van der Waals surface area contributed by atoms with Gasteiger partial charge in [-0.15, -0.1) is 0 Å². The highest BCUT2D eigenvalue weighted by atomic mass is 32.2. The summed E-state index contributed by atoms with van der Waals surface area (Å²) in [4.78, 5) is 5.95. The Balaban J connectivity index is 2.27. The average molecular weight is 251 g/mol. The topological polar surface area (TPSA) is 74.1 Å². The highest BCUT2D eigenvalue weighted by molar-refractivity contribution is 7.91. The Bertz CT molecular complexity index is 562. The second kappa shape index (κ2) is 4.34. The zero-order valence-electron chi connectivity index (χ0n) is 9.50. The van der Waals surface area contributed by atoms with Crippen LogP contribution >= 0.6 is 0 Å². The van der Waals surface area contributed by atoms with E-state index in [2.05, 4.69) is 11.1 Å². The molecule has 1 atom stereocenters. The van der Waals surface area contributed by atoms with Crippen molar-refractivity contribution in [3.8, 4) is 6.07 Å². The van der Waals surface area contributed by atoms with Gasteiger partial charge in [0.15, 0.2) is 9.84 Å². The van der Waals surface area contributed by atoms with Gasteiger partial charge in [-0.25, -0.2) is 13.4 Å². The highest BCUT2D eigenvalue weighted by Gasteiger charge is 2.31. The maximum absolute atomic E-state index is 11.4. The third-order valence-corrected chi connectivity index (χ3v) is 4.75. The number of hydrogen-bond donors (Lipinski definition) is 0. The number of pyridine rings is 1. The summed E-state index contributed by atoms with van der Waals surface area (Å²) in [7, 11) is -1.13. The lowest BCUT2D eigenvalue weighted by Gasteiger charge is -2.24. The van der Waals surface area contributed by atoms with Crippen molar-refractivity contribution in [1.29, 1.82) is 5.26 Å². The molecule has 1 unspecified atom stereocenters. The van der Waals surface area contributed by atoms with Crippen LogP contribution in [-0.2, 0) is 9.84 Å². The first kappa shape index (κ1) is 11.9. The predicted molar refractivity (Wildman–Crippen MR) is 64.4 cm³/mol. The third-order valence-electron chi connectivity index (χ3n) is 3.00. The van der Waals surface area contributed by atoms with Crippen LogP contribution in [-0.4, -0.2) is 38.0 Å². The van der Waals surface area contributed by atoms with Crippen molar-refractivity contribution in [2.75, 3.05) is 23.5 Å². The van der Waals surface area contributed by atoms with Crippen molar-refractivity contribution in [2.24, 2.45) is 0 Å². The molecule has 1 fully saturated rings. The van der Waals surface area contributed by atoms with Gasteiger partial charge < -0.3 is 4.90 Å². The third kappa shape index (κ3) is 2.39. The van der Waals surface area contributed by atoms with Gasteiger partial charge in [-0.1, -0.05) is 0 Å². The zero-order chi connectivity index (χ0) is 12.5. The molecule has 1 aromatic heterocycles. The molecule has 5 nitrogen and oxygen atoms in total. The minimum atomic E-state index is -2.92. The van der Waals surface area contributed by atoms with E-state index in [4.69, 9.17) is 5.26 Å². The van der Waals surface area contributed by atoms with Crippen molar-refractivity contribution >= 4 is 15.7 Å². The van der Waals surface area contributed by atoms with Crippen LogP contribution in [0.2, 0.25) is 0 Å². The summed E-state index contributed by atoms with van der Waals surface area (Å²) in [5.41, 5.74) is 0.472. The number of anilines is 1. The molecule has 1 aromatic rings. The fraction of sp³-hybridized carbons (Fsp3) is 0.455. The molecule has 17 heavy (non-hydrogen) atoms. The number of aromatic nitrogens is 1. The number of nitrogens with zero attached hydrogens (tertiary/aromatic N) is 3. The molecule has 6 heteroatoms. The molecule has 0 aliphatic carbocycles. The van der Waals surface area contributed by atoms with Gasteiger partial charge in [0, 0.05) is 19.3 Å². The van der Waals surface area contributed by atoms with Gasteiger partial charge >= 0.3 is 0 Å². The quantitative estimate of drug-likeness (QED) is 0.768. The van der Waals surface area contributed by atoms with E-state index in [9.17, 15) is 8.42 Å². The lowest BCUT2D eigenvalue weighted by Crippen LogP contribution is -2.33. The molecule has 1 aliphatic rings. The predicted octanol–water partition coefficient (Wildman–Crippen LogP) is 0.577. The highest BCUT2D eigenvalue weighted by Crippen LogP contribution is 2.23. The van der Waals surface area contributed by atoms with Crippen LogP contribution < -0.4 is 4.90 Å². The second-order valence-corrected chi connectivity index (χ2v) is 6.38. The first-order valence-electron chi connectivity index (χ1n) is 5.32. The normalized spacial score (nSPS) is 22.0. The van der Waals surface area contributed by atoms with Crippen molar-refractivity contribution in [1.82, 2.24) is 4.98 Å². The van der Waals surface area contributed by atoms with E-state index >= 15 is 0 Å². The Labute approximate surface area is 101 Å². The Hall–Kier alpha value is -1.61. The summed E-state index contributed by atoms with van der Waals surface area (Å²) >= 11 is 0. The standard InChI is InChI=1S/C11H13N3O2S/c1-14(10-4-6-17(15,16)8-10)11-9(7-12)3-2-5-13-11/h2-3,5,10H,4,6,8H2,1H3. The molecule has 1 aliphatic heterocycles. The minimum Gasteiger partial charge on any atom is -0.355 e. The molecule has 0 aromatic carbocycles. The molecule has 0 N–H and O–H groups in total. The summed E-state index contributed by atoms with van der Waals surface area (Å²) in [5.74, 6) is 0.916. The molecule has 0 spiro atoms. The number of sulfone groups is 1. The second-order valence-electron chi connectivity index (χ2n) is 4.15. The van der Waals surface area contributed by atoms with Crippen LogP contribution in [0.5, 0.6) is 0 Å². The summed E-state index contributed by atoms with van der Waals surface area (Å²) in [6.45, 7) is 0. The lowest BCUT2D eigenvalue weighted by molar-refractivity contribution is 0.600. The summed E-state index contributed by atoms with van der Waals surface area (Å²) in [6, 6.07) is 5.36. The SMILES string of the molecule is CN(c1ncccc1C#N)C1CCS(=O)(=O)C1. The van der Waals surface area contributed by atoms with Crippen molar-refractivity contribution in [3.05, 3.63) is 23.9 Å². The van der Waals surface area contributed by atoms with Crippen LogP contribution in [0.1, 0.15) is 12.0 Å². The fourth-order valence-electron chi connectivity index (χ4n) is 2.02. The van der Waals surface area contributed by atoms with E-state index in [0.29, 0.717) is 17.8 Å². The molecule has 0 saturated carbocycles. The van der Waals surface area contributed by atoms with Crippen LogP contribution in [0, 0.1) is 11.3 Å². The van der Waals surface area contributed by atoms with Crippen LogP contribution in [0.15, 0.2) is 18.3 Å². The molecule has 0 amide bonds. The molecule has 2 heterocycles. The van der Waals surface area contributed by atoms with E-state index in [-0.39, 0.29) is 17.5 Å². The van der Waals surface area contributed by atoms with Crippen molar-refractivity contribution in [3.63, 3.8) is 0 Å². The lowest BCUT2D eigenvalue weighted by atomic mass is 10.2. The largest absolute Gasteiger partial charge is 0.355 e.